The van der Waals surface area contributed by atoms with E-state index in [0.717, 1.165) is 16.9 Å². The second kappa shape index (κ2) is 8.60. The number of rotatable bonds is 6. The molecular weight excluding hydrogens is 324 g/mol. The molecule has 2 N–H and O–H groups in total. The first-order valence-electron chi connectivity index (χ1n) is 8.00. The van der Waals surface area contributed by atoms with Gasteiger partial charge in [0.15, 0.2) is 0 Å². The average molecular weight is 347 g/mol. The van der Waals surface area contributed by atoms with Crippen LogP contribution in [0, 0.1) is 0 Å². The van der Waals surface area contributed by atoms with Crippen molar-refractivity contribution in [2.24, 2.45) is 0 Å². The van der Waals surface area contributed by atoms with Crippen LogP contribution in [0.1, 0.15) is 37.9 Å². The Morgan fingerprint density at radius 2 is 1.75 bits per heavy atom. The van der Waals surface area contributed by atoms with Crippen molar-refractivity contribution in [1.82, 2.24) is 10.6 Å². The van der Waals surface area contributed by atoms with E-state index in [0.29, 0.717) is 11.6 Å². The van der Waals surface area contributed by atoms with Crippen LogP contribution in [0.5, 0.6) is 5.75 Å². The largest absolute Gasteiger partial charge is 0.491 e. The Balaban J connectivity index is 1.83. The number of ether oxygens (including phenoxy) is 1. The summed E-state index contributed by atoms with van der Waals surface area (Å²) in [5, 5.41) is 6.38. The first kappa shape index (κ1) is 18.1. The predicted molar refractivity (Wildman–Crippen MR) is 97.4 cm³/mol. The van der Waals surface area contributed by atoms with Gasteiger partial charge in [-0.05, 0) is 50.1 Å². The van der Waals surface area contributed by atoms with Gasteiger partial charge in [-0.1, -0.05) is 41.9 Å². The number of urea groups is 1. The quantitative estimate of drug-likeness (QED) is 0.797. The molecule has 2 amide bonds. The van der Waals surface area contributed by atoms with Crippen LogP contribution in [0.4, 0.5) is 4.79 Å². The van der Waals surface area contributed by atoms with Crippen LogP contribution in [0.3, 0.4) is 0 Å². The highest BCUT2D eigenvalue weighted by molar-refractivity contribution is 6.31. The number of amides is 2. The highest BCUT2D eigenvalue weighted by Gasteiger charge is 2.11. The Hall–Kier alpha value is -2.20. The Bertz CT molecular complexity index is 671. The first-order valence-corrected chi connectivity index (χ1v) is 8.38. The van der Waals surface area contributed by atoms with Crippen molar-refractivity contribution in [3.63, 3.8) is 0 Å². The maximum absolute atomic E-state index is 12.0. The van der Waals surface area contributed by atoms with E-state index < -0.39 is 0 Å². The number of carbonyl (C=O) groups excluding carboxylic acids is 1. The monoisotopic (exact) mass is 346 g/mol. The Kier molecular flexibility index (Phi) is 6.50. The van der Waals surface area contributed by atoms with Crippen LogP contribution in [0.25, 0.3) is 0 Å². The predicted octanol–water partition coefficient (Wildman–Crippen LogP) is 4.69. The van der Waals surface area contributed by atoms with Crippen molar-refractivity contribution in [3.05, 3.63) is 64.7 Å². The Morgan fingerprint density at radius 3 is 2.38 bits per heavy atom. The van der Waals surface area contributed by atoms with Crippen molar-refractivity contribution in [3.8, 4) is 5.75 Å². The zero-order valence-electron chi connectivity index (χ0n) is 14.2. The van der Waals surface area contributed by atoms with Crippen molar-refractivity contribution < 1.29 is 9.53 Å². The molecule has 0 saturated carbocycles. The van der Waals surface area contributed by atoms with Gasteiger partial charge in [0, 0.05) is 11.6 Å². The third-order valence-corrected chi connectivity index (χ3v) is 3.81. The summed E-state index contributed by atoms with van der Waals surface area (Å²) in [6, 6.07) is 14.8. The second-order valence-corrected chi connectivity index (χ2v) is 6.29. The summed E-state index contributed by atoms with van der Waals surface area (Å²) in [4.78, 5) is 12.0. The molecule has 0 radical (unpaired) electrons. The second-order valence-electron chi connectivity index (χ2n) is 5.88. The van der Waals surface area contributed by atoms with Crippen LogP contribution in [0.2, 0.25) is 5.02 Å². The molecule has 0 aliphatic carbocycles. The fourth-order valence-corrected chi connectivity index (χ4v) is 2.59. The van der Waals surface area contributed by atoms with Crippen molar-refractivity contribution in [1.29, 1.82) is 0 Å². The van der Waals surface area contributed by atoms with Crippen LogP contribution in [0.15, 0.2) is 48.5 Å². The number of nitrogens with one attached hydrogen (secondary N) is 2. The summed E-state index contributed by atoms with van der Waals surface area (Å²) < 4.78 is 5.60. The molecule has 0 heterocycles. The molecule has 0 saturated heterocycles. The van der Waals surface area contributed by atoms with Crippen LogP contribution < -0.4 is 15.4 Å². The maximum Gasteiger partial charge on any atom is 0.315 e. The zero-order valence-corrected chi connectivity index (χ0v) is 14.9. The fraction of sp³-hybridized carbons (Fsp3) is 0.316. The van der Waals surface area contributed by atoms with Crippen molar-refractivity contribution >= 4 is 17.6 Å². The molecule has 128 valence electrons. The highest BCUT2D eigenvalue weighted by atomic mass is 35.5. The third-order valence-electron chi connectivity index (χ3n) is 3.47. The third kappa shape index (κ3) is 5.46. The van der Waals surface area contributed by atoms with E-state index in [9.17, 15) is 4.79 Å². The lowest BCUT2D eigenvalue weighted by molar-refractivity contribution is 0.237. The van der Waals surface area contributed by atoms with E-state index in [4.69, 9.17) is 16.3 Å². The van der Waals surface area contributed by atoms with Gasteiger partial charge in [-0.15, -0.1) is 0 Å². The van der Waals surface area contributed by atoms with Crippen molar-refractivity contribution in [2.75, 3.05) is 0 Å². The van der Waals surface area contributed by atoms with E-state index in [-0.39, 0.29) is 18.2 Å². The van der Waals surface area contributed by atoms with E-state index in [1.165, 1.54) is 0 Å². The van der Waals surface area contributed by atoms with E-state index >= 15 is 0 Å². The average Bonchev–Trinajstić information content (AvgIpc) is 2.54. The van der Waals surface area contributed by atoms with Gasteiger partial charge in [-0.3, -0.25) is 0 Å². The molecule has 0 fully saturated rings. The number of benzene rings is 2. The molecule has 4 nitrogen and oxygen atoms in total. The van der Waals surface area contributed by atoms with E-state index in [1.807, 2.05) is 69.3 Å². The van der Waals surface area contributed by atoms with Crippen LogP contribution in [-0.2, 0) is 6.54 Å². The van der Waals surface area contributed by atoms with Gasteiger partial charge < -0.3 is 15.4 Å². The lowest BCUT2D eigenvalue weighted by atomic mass is 10.1. The minimum Gasteiger partial charge on any atom is -0.491 e. The summed E-state index contributed by atoms with van der Waals surface area (Å²) >= 11 is 6.14. The van der Waals surface area contributed by atoms with Gasteiger partial charge in [-0.25, -0.2) is 4.79 Å². The molecule has 1 unspecified atom stereocenters. The Labute approximate surface area is 148 Å². The number of hydrogen-bond acceptors (Lipinski definition) is 2. The molecular formula is C19H23ClN2O2. The van der Waals surface area contributed by atoms with Gasteiger partial charge in [0.05, 0.1) is 12.1 Å². The minimum atomic E-state index is -0.232. The molecule has 0 aliphatic rings. The fourth-order valence-electron chi connectivity index (χ4n) is 2.29. The van der Waals surface area contributed by atoms with E-state index in [2.05, 4.69) is 10.6 Å². The lowest BCUT2D eigenvalue weighted by Crippen LogP contribution is -2.36. The van der Waals surface area contributed by atoms with Gasteiger partial charge in [0.2, 0.25) is 0 Å². The highest BCUT2D eigenvalue weighted by Crippen LogP contribution is 2.22. The van der Waals surface area contributed by atoms with Gasteiger partial charge in [-0.2, -0.15) is 0 Å². The van der Waals surface area contributed by atoms with E-state index in [1.54, 1.807) is 0 Å². The topological polar surface area (TPSA) is 50.4 Å². The standard InChI is InChI=1S/C19H23ClN2O2/c1-13(2)24-16-10-8-15(9-11-16)12-21-19(23)22-14(3)17-6-4-5-7-18(17)20/h4-11,13-14H,12H2,1-3H3,(H2,21,22,23). The lowest BCUT2D eigenvalue weighted by Gasteiger charge is -2.16. The molecule has 2 aromatic carbocycles. The number of halogens is 1. The molecule has 5 heteroatoms. The van der Waals surface area contributed by atoms with Crippen molar-refractivity contribution in [2.45, 2.75) is 39.5 Å². The molecule has 0 bridgehead atoms. The maximum atomic E-state index is 12.0. The smallest absolute Gasteiger partial charge is 0.315 e. The number of hydrogen-bond donors (Lipinski definition) is 2. The summed E-state index contributed by atoms with van der Waals surface area (Å²) in [6.07, 6.45) is 0.144. The molecule has 0 spiro atoms. The SMILES string of the molecule is CC(C)Oc1ccc(CNC(=O)NC(C)c2ccccc2Cl)cc1. The van der Waals surface area contributed by atoms with Gasteiger partial charge in [0.25, 0.3) is 0 Å². The van der Waals surface area contributed by atoms with Crippen LogP contribution in [-0.4, -0.2) is 12.1 Å². The van der Waals surface area contributed by atoms with Gasteiger partial charge in [0.1, 0.15) is 5.75 Å². The van der Waals surface area contributed by atoms with Crippen LogP contribution >= 0.6 is 11.6 Å². The molecule has 0 aromatic heterocycles. The number of carbonyl (C=O) groups is 1. The zero-order chi connectivity index (χ0) is 17.5. The Morgan fingerprint density at radius 1 is 1.08 bits per heavy atom. The summed E-state index contributed by atoms with van der Waals surface area (Å²) in [6.45, 7) is 6.32. The summed E-state index contributed by atoms with van der Waals surface area (Å²) in [5.74, 6) is 0.825. The normalized spacial score (nSPS) is 11.9. The molecule has 0 aliphatic heterocycles. The molecule has 2 rings (SSSR count). The molecule has 24 heavy (non-hydrogen) atoms. The summed E-state index contributed by atoms with van der Waals surface area (Å²) in [5.41, 5.74) is 1.90. The molecule has 1 atom stereocenters. The van der Waals surface area contributed by atoms with Gasteiger partial charge >= 0.3 is 6.03 Å². The first-order chi connectivity index (χ1) is 11.5. The molecule has 2 aromatic rings. The minimum absolute atomic E-state index is 0.144. The summed E-state index contributed by atoms with van der Waals surface area (Å²) in [7, 11) is 0.